The van der Waals surface area contributed by atoms with Crippen molar-refractivity contribution in [2.24, 2.45) is 5.89 Å². The average molecular weight is 316 g/mol. The molecule has 1 amide bonds. The molecule has 3 nitrogen and oxygen atoms in total. The summed E-state index contributed by atoms with van der Waals surface area (Å²) < 4.78 is 163. The molecule has 3 fully saturated rings. The minimum Gasteiger partial charge on any atom is -0.333 e. The molecule has 0 spiro atoms. The fraction of sp³-hybridized carbons (Fsp3) is 0.632. The van der Waals surface area contributed by atoms with Crippen LogP contribution in [0.1, 0.15) is 78.9 Å². The van der Waals surface area contributed by atoms with Crippen molar-refractivity contribution in [1.82, 2.24) is 9.80 Å². The second kappa shape index (κ2) is 4.82. The molecule has 0 unspecified atom stereocenters. The molecule has 0 radical (unpaired) electrons. The van der Waals surface area contributed by atoms with Crippen molar-refractivity contribution in [3.63, 3.8) is 0 Å². The van der Waals surface area contributed by atoms with Crippen LogP contribution in [0, 0.1) is 5.89 Å². The highest BCUT2D eigenvalue weighted by Gasteiger charge is 2.43. The van der Waals surface area contributed by atoms with E-state index in [1.165, 1.54) is 0 Å². The van der Waals surface area contributed by atoms with Crippen LogP contribution in [0.5, 0.6) is 0 Å². The number of benzene rings is 1. The summed E-state index contributed by atoms with van der Waals surface area (Å²) in [5, 5.41) is 0. The maximum Gasteiger partial charge on any atom is 0.254 e. The number of fused-ring (bicyclic) bond motifs is 3. The molecule has 0 saturated carbocycles. The lowest BCUT2D eigenvalue weighted by Crippen LogP contribution is -2.60. The Morgan fingerprint density at radius 1 is 1.23 bits per heavy atom. The Hall–Kier alpha value is -1.35. The number of carbonyl (C=O) groups is 1. The zero-order valence-corrected chi connectivity index (χ0v) is 11.2. The molecule has 4 aliphatic heterocycles. The van der Waals surface area contributed by atoms with E-state index < -0.39 is 103 Å². The Bertz CT molecular complexity index is 1360. The van der Waals surface area contributed by atoms with Crippen LogP contribution in [0.3, 0.4) is 0 Å². The second-order valence-electron chi connectivity index (χ2n) is 5.12. The Morgan fingerprint density at radius 3 is 2.95 bits per heavy atom. The van der Waals surface area contributed by atoms with Gasteiger partial charge >= 0.3 is 0 Å². The van der Waals surface area contributed by atoms with Gasteiger partial charge in [0, 0.05) is 55.2 Å². The van der Waals surface area contributed by atoms with Gasteiger partial charge in [0.15, 0.2) is 0 Å². The summed E-state index contributed by atoms with van der Waals surface area (Å²) in [6, 6.07) is -0.863. The molecule has 2 bridgehead atoms. The maximum atomic E-state index is 14.0. The van der Waals surface area contributed by atoms with E-state index in [0.29, 0.717) is 0 Å². The summed E-state index contributed by atoms with van der Waals surface area (Å²) in [6.07, 6.45) is -18.0. The van der Waals surface area contributed by atoms with Crippen molar-refractivity contribution in [3.8, 4) is 0 Å². The van der Waals surface area contributed by atoms with E-state index in [2.05, 4.69) is 0 Å². The number of rotatable bonds is 1. The molecule has 1 aromatic rings. The Labute approximate surface area is 159 Å². The van der Waals surface area contributed by atoms with Crippen LogP contribution >= 0.6 is 0 Å². The van der Waals surface area contributed by atoms with Crippen LogP contribution in [-0.2, 0) is 6.37 Å². The number of hydrogen-bond donors (Lipinski definition) is 0. The van der Waals surface area contributed by atoms with Crippen LogP contribution in [0.4, 0.5) is 0 Å². The molecule has 22 heavy (non-hydrogen) atoms. The number of piperidine rings is 3. The van der Waals surface area contributed by atoms with Gasteiger partial charge in [-0.05, 0) is 67.9 Å². The molecular formula is C19H24N2O. The minimum absolute atomic E-state index is 0.0128. The average Bonchev–Trinajstić information content (AvgIpc) is 2.81. The van der Waals surface area contributed by atoms with Crippen molar-refractivity contribution in [3.05, 3.63) is 34.9 Å². The first kappa shape index (κ1) is 4.18. The van der Waals surface area contributed by atoms with E-state index in [4.69, 9.17) is 23.3 Å². The molecule has 1 aromatic carbocycles. The molecular weight excluding hydrogens is 272 g/mol. The van der Waals surface area contributed by atoms with Gasteiger partial charge in [0.25, 0.3) is 5.91 Å². The lowest BCUT2D eigenvalue weighted by atomic mass is 9.75. The smallest absolute Gasteiger partial charge is 0.254 e. The molecule has 4 heterocycles. The fourth-order valence-electron chi connectivity index (χ4n) is 2.89. The van der Waals surface area contributed by atoms with Crippen molar-refractivity contribution in [2.75, 3.05) is 26.0 Å². The lowest BCUT2D eigenvalue weighted by molar-refractivity contribution is 0.00258. The topological polar surface area (TPSA) is 23.6 Å². The summed E-state index contributed by atoms with van der Waals surface area (Å²) in [5.74, 6) is -8.65. The number of nitrogens with zero attached hydrogens (tertiary/aromatic N) is 2. The molecule has 0 aromatic heterocycles. The van der Waals surface area contributed by atoms with E-state index in [9.17, 15) is 7.54 Å². The summed E-state index contributed by atoms with van der Waals surface area (Å²) in [7, 11) is 0. The molecule has 2 atom stereocenters. The summed E-state index contributed by atoms with van der Waals surface area (Å²) in [4.78, 5) is 13.5. The van der Waals surface area contributed by atoms with Gasteiger partial charge in [0.05, 0.1) is 1.37 Å². The van der Waals surface area contributed by atoms with Crippen molar-refractivity contribution in [1.29, 1.82) is 0 Å². The van der Waals surface area contributed by atoms with Gasteiger partial charge in [0.1, 0.15) is 0 Å². The number of aryl methyl sites for hydroxylation is 1. The fourth-order valence-corrected chi connectivity index (χ4v) is 2.89. The van der Waals surface area contributed by atoms with Crippen molar-refractivity contribution < 1.29 is 30.8 Å². The van der Waals surface area contributed by atoms with Gasteiger partial charge in [-0.2, -0.15) is 0 Å². The van der Waals surface area contributed by atoms with E-state index >= 15 is 0 Å². The van der Waals surface area contributed by atoms with Gasteiger partial charge in [-0.3, -0.25) is 4.79 Å². The molecule has 1 aliphatic carbocycles. The zero-order valence-electron chi connectivity index (χ0n) is 30.2. The third-order valence-corrected chi connectivity index (χ3v) is 3.88. The normalized spacial score (nSPS) is 77.5. The van der Waals surface area contributed by atoms with Crippen LogP contribution in [0.25, 0.3) is 0 Å². The molecule has 6 rings (SSSR count). The van der Waals surface area contributed by atoms with Crippen LogP contribution in [0.2, 0.25) is 0 Å². The first-order chi connectivity index (χ1) is 18.0. The minimum atomic E-state index is -4.13. The third kappa shape index (κ3) is 1.81. The highest BCUT2D eigenvalue weighted by Crippen LogP contribution is 2.41. The summed E-state index contributed by atoms with van der Waals surface area (Å²) in [6.45, 7) is -13.0. The van der Waals surface area contributed by atoms with E-state index in [0.717, 1.165) is 18.2 Å². The highest BCUT2D eigenvalue weighted by molar-refractivity contribution is 5.97. The number of amides is 1. The van der Waals surface area contributed by atoms with Gasteiger partial charge in [-0.15, -0.1) is 0 Å². The first-order valence-corrected chi connectivity index (χ1v) is 6.74. The maximum absolute atomic E-state index is 14.0. The van der Waals surface area contributed by atoms with Crippen LogP contribution in [-0.4, -0.2) is 47.8 Å². The van der Waals surface area contributed by atoms with E-state index in [-0.39, 0.29) is 4.90 Å². The van der Waals surface area contributed by atoms with Gasteiger partial charge in [0.2, 0.25) is 0 Å². The van der Waals surface area contributed by atoms with E-state index in [1.807, 2.05) is 0 Å². The van der Waals surface area contributed by atoms with Crippen molar-refractivity contribution in [2.45, 2.75) is 43.8 Å². The highest BCUT2D eigenvalue weighted by atomic mass is 16.2. The first-order valence-electron chi connectivity index (χ1n) is 16.2. The predicted octanol–water partition coefficient (Wildman–Crippen LogP) is 2.66. The second-order valence-corrected chi connectivity index (χ2v) is 5.12. The number of carbonyl (C=O) groups excluding carboxylic acids is 1. The Balaban J connectivity index is 1.90. The molecule has 5 aliphatic rings. The molecule has 3 saturated heterocycles. The van der Waals surface area contributed by atoms with Gasteiger partial charge in [-0.25, -0.2) is 0 Å². The SMILES string of the molecule is [2H]C1([2H])c2cccc3c2[C@@]([2H])(CN([C@]2([2H])C([2H])([2H])N4C([2H])([2H])C([2H])([2H])C2([2H])C([2H])([2H])C4([2H])[2H])C3=O)C([2H])([2H])C1([2H])[2H]. The Morgan fingerprint density at radius 2 is 2.09 bits per heavy atom. The predicted molar refractivity (Wildman–Crippen MR) is 86.1 cm³/mol. The lowest BCUT2D eigenvalue weighted by Gasteiger charge is -2.51. The molecule has 116 valence electrons. The third-order valence-electron chi connectivity index (χ3n) is 3.88. The summed E-state index contributed by atoms with van der Waals surface area (Å²) in [5.41, 5.74) is -1.90. The largest absolute Gasteiger partial charge is 0.333 e. The zero-order chi connectivity index (χ0) is 31.8. The monoisotopic (exact) mass is 315 g/mol. The molecule has 0 N–H and O–H groups in total. The van der Waals surface area contributed by atoms with Crippen LogP contribution in [0.15, 0.2) is 18.2 Å². The quantitative estimate of drug-likeness (QED) is 0.795. The van der Waals surface area contributed by atoms with E-state index in [1.54, 1.807) is 0 Å². The van der Waals surface area contributed by atoms with Gasteiger partial charge < -0.3 is 9.80 Å². The standard InChI is InChI=1S/C19H24N2O/c22-19-16-6-2-4-14-3-1-5-15(18(14)16)11-21(19)17-12-20-9-7-13(17)8-10-20/h2,4,6,13,15,17H,1,3,5,7-12H2/t15-,17-/m1/s1/i1D2,3D2,5D2,7D2,8D2,9D2,10D2,12D2,13D,15D,17D. The van der Waals surface area contributed by atoms with Gasteiger partial charge in [-0.1, -0.05) is 12.1 Å². The van der Waals surface area contributed by atoms with Crippen molar-refractivity contribution >= 4 is 5.91 Å². The van der Waals surface area contributed by atoms with Crippen LogP contribution < -0.4 is 0 Å². The summed E-state index contributed by atoms with van der Waals surface area (Å²) >= 11 is 0. The number of hydrogen-bond acceptors (Lipinski definition) is 2. The Kier molecular flexibility index (Phi) is 0.917. The molecule has 3 heteroatoms.